The van der Waals surface area contributed by atoms with E-state index in [1.165, 1.54) is 31.4 Å². The van der Waals surface area contributed by atoms with Gasteiger partial charge in [-0.1, -0.05) is 6.07 Å². The molecule has 16 heavy (non-hydrogen) atoms. The first-order valence-electron chi connectivity index (χ1n) is 6.14. The second-order valence-corrected chi connectivity index (χ2v) is 5.02. The Bertz CT molecular complexity index is 355. The van der Waals surface area contributed by atoms with Crippen LogP contribution in [0.25, 0.3) is 0 Å². The molecule has 0 spiro atoms. The Morgan fingerprint density at radius 2 is 2.31 bits per heavy atom. The van der Waals surface area contributed by atoms with E-state index in [0.717, 1.165) is 11.8 Å². The molecule has 3 nitrogen and oxygen atoms in total. The number of hydrogen-bond donors (Lipinski definition) is 1. The summed E-state index contributed by atoms with van der Waals surface area (Å²) in [4.78, 5) is 4.31. The molecule has 1 N–H and O–H groups in total. The van der Waals surface area contributed by atoms with E-state index in [-0.39, 0.29) is 0 Å². The summed E-state index contributed by atoms with van der Waals surface area (Å²) in [6, 6.07) is 4.56. The van der Waals surface area contributed by atoms with E-state index in [9.17, 15) is 0 Å². The number of pyridine rings is 1. The lowest BCUT2D eigenvalue weighted by Crippen LogP contribution is -2.55. The fourth-order valence-corrected chi connectivity index (χ4v) is 2.76. The zero-order chi connectivity index (χ0) is 11.0. The van der Waals surface area contributed by atoms with E-state index >= 15 is 0 Å². The highest BCUT2D eigenvalue weighted by atomic mass is 16.5. The van der Waals surface area contributed by atoms with Gasteiger partial charge < -0.3 is 10.1 Å². The highest BCUT2D eigenvalue weighted by Gasteiger charge is 2.36. The average Bonchev–Trinajstić information content (AvgIpc) is 2.34. The number of fused-ring (bicyclic) bond motifs is 3. The molecule has 2 saturated heterocycles. The molecule has 3 heteroatoms. The summed E-state index contributed by atoms with van der Waals surface area (Å²) in [6.07, 6.45) is 5.99. The molecule has 1 aliphatic carbocycles. The summed E-state index contributed by atoms with van der Waals surface area (Å²) in [6.45, 7) is 3.22. The predicted octanol–water partition coefficient (Wildman–Crippen LogP) is 1.91. The molecular formula is C13H18N2O. The molecule has 0 unspecified atom stereocenters. The molecule has 2 bridgehead atoms. The van der Waals surface area contributed by atoms with Gasteiger partial charge >= 0.3 is 0 Å². The molecule has 4 rings (SSSR count). The Labute approximate surface area is 96.2 Å². The number of nitrogens with one attached hydrogen (secondary N) is 1. The largest absolute Gasteiger partial charge is 0.473 e. The minimum Gasteiger partial charge on any atom is -0.473 e. The molecule has 0 amide bonds. The van der Waals surface area contributed by atoms with Gasteiger partial charge in [0.15, 0.2) is 0 Å². The number of piperidine rings is 2. The Morgan fingerprint density at radius 3 is 2.88 bits per heavy atom. The van der Waals surface area contributed by atoms with Gasteiger partial charge in [0.25, 0.3) is 0 Å². The van der Waals surface area contributed by atoms with Gasteiger partial charge in [-0.2, -0.15) is 0 Å². The summed E-state index contributed by atoms with van der Waals surface area (Å²) in [5.41, 5.74) is 1.18. The van der Waals surface area contributed by atoms with Crippen LogP contribution in [0.2, 0.25) is 0 Å². The molecular weight excluding hydrogens is 200 g/mol. The van der Waals surface area contributed by atoms with Crippen LogP contribution in [-0.4, -0.2) is 23.7 Å². The van der Waals surface area contributed by atoms with Gasteiger partial charge in [0, 0.05) is 18.3 Å². The van der Waals surface area contributed by atoms with Crippen molar-refractivity contribution in [3.05, 3.63) is 23.9 Å². The maximum atomic E-state index is 5.97. The summed E-state index contributed by atoms with van der Waals surface area (Å²) < 4.78 is 5.97. The zero-order valence-electron chi connectivity index (χ0n) is 9.65. The maximum Gasteiger partial charge on any atom is 0.213 e. The number of ether oxygens (including phenoxy) is 1. The van der Waals surface area contributed by atoms with E-state index in [4.69, 9.17) is 4.74 Å². The maximum absolute atomic E-state index is 5.97. The lowest BCUT2D eigenvalue weighted by molar-refractivity contribution is 0.0466. The SMILES string of the molecule is Cc1ccc(O[C@H]2C[C@H]3CC[C@@H]2NC3)nc1. The normalized spacial score (nSPS) is 32.7. The van der Waals surface area contributed by atoms with Crippen molar-refractivity contribution in [2.45, 2.75) is 38.3 Å². The van der Waals surface area contributed by atoms with E-state index in [2.05, 4.69) is 16.4 Å². The van der Waals surface area contributed by atoms with Crippen molar-refractivity contribution in [3.63, 3.8) is 0 Å². The molecule has 0 aromatic carbocycles. The van der Waals surface area contributed by atoms with Crippen molar-refractivity contribution in [1.82, 2.24) is 10.3 Å². The first kappa shape index (κ1) is 10.1. The highest BCUT2D eigenvalue weighted by Crippen LogP contribution is 2.31. The topological polar surface area (TPSA) is 34.1 Å². The van der Waals surface area contributed by atoms with Gasteiger partial charge in [0.05, 0.1) is 0 Å². The van der Waals surface area contributed by atoms with Crippen LogP contribution in [0.15, 0.2) is 18.3 Å². The van der Waals surface area contributed by atoms with Crippen molar-refractivity contribution in [3.8, 4) is 5.88 Å². The Hall–Kier alpha value is -1.09. The Kier molecular flexibility index (Phi) is 2.56. The van der Waals surface area contributed by atoms with Crippen molar-refractivity contribution < 1.29 is 4.74 Å². The number of nitrogens with zero attached hydrogens (tertiary/aromatic N) is 1. The lowest BCUT2D eigenvalue weighted by Gasteiger charge is -2.42. The van der Waals surface area contributed by atoms with Crippen LogP contribution in [0.4, 0.5) is 0 Å². The van der Waals surface area contributed by atoms with Crippen LogP contribution in [0, 0.1) is 12.8 Å². The molecule has 3 atom stereocenters. The molecule has 1 saturated carbocycles. The molecule has 1 aromatic heterocycles. The van der Waals surface area contributed by atoms with Gasteiger partial charge in [0.2, 0.25) is 5.88 Å². The first-order valence-corrected chi connectivity index (χ1v) is 6.14. The summed E-state index contributed by atoms with van der Waals surface area (Å²) in [5, 5.41) is 3.55. The van der Waals surface area contributed by atoms with Gasteiger partial charge in [-0.25, -0.2) is 4.98 Å². The number of hydrogen-bond acceptors (Lipinski definition) is 3. The molecule has 3 fully saturated rings. The van der Waals surface area contributed by atoms with E-state index in [0.29, 0.717) is 12.1 Å². The second kappa shape index (κ2) is 4.06. The predicted molar refractivity (Wildman–Crippen MR) is 62.5 cm³/mol. The fraction of sp³-hybridized carbons (Fsp3) is 0.615. The van der Waals surface area contributed by atoms with Gasteiger partial charge in [0.1, 0.15) is 6.10 Å². The quantitative estimate of drug-likeness (QED) is 0.823. The second-order valence-electron chi connectivity index (χ2n) is 5.02. The van der Waals surface area contributed by atoms with E-state index < -0.39 is 0 Å². The third-order valence-corrected chi connectivity index (χ3v) is 3.73. The molecule has 3 heterocycles. The van der Waals surface area contributed by atoms with E-state index in [1.54, 1.807) is 0 Å². The number of aryl methyl sites for hydroxylation is 1. The zero-order valence-corrected chi connectivity index (χ0v) is 9.65. The highest BCUT2D eigenvalue weighted by molar-refractivity contribution is 5.17. The minimum absolute atomic E-state index is 0.322. The van der Waals surface area contributed by atoms with Gasteiger partial charge in [-0.15, -0.1) is 0 Å². The molecule has 3 aliphatic rings. The Morgan fingerprint density at radius 1 is 1.38 bits per heavy atom. The minimum atomic E-state index is 0.322. The van der Waals surface area contributed by atoms with Crippen molar-refractivity contribution in [2.75, 3.05) is 6.54 Å². The summed E-state index contributed by atoms with van der Waals surface area (Å²) >= 11 is 0. The molecule has 2 aliphatic heterocycles. The van der Waals surface area contributed by atoms with Crippen molar-refractivity contribution >= 4 is 0 Å². The molecule has 0 radical (unpaired) electrons. The van der Waals surface area contributed by atoms with Crippen LogP contribution in [0.5, 0.6) is 5.88 Å². The number of aromatic nitrogens is 1. The lowest BCUT2D eigenvalue weighted by atomic mass is 9.79. The summed E-state index contributed by atoms with van der Waals surface area (Å²) in [7, 11) is 0. The van der Waals surface area contributed by atoms with Crippen LogP contribution in [-0.2, 0) is 0 Å². The van der Waals surface area contributed by atoms with Crippen molar-refractivity contribution in [2.24, 2.45) is 5.92 Å². The van der Waals surface area contributed by atoms with Crippen molar-refractivity contribution in [1.29, 1.82) is 0 Å². The van der Waals surface area contributed by atoms with Gasteiger partial charge in [-0.05, 0) is 44.2 Å². The standard InChI is InChI=1S/C13H18N2O/c1-9-2-5-13(15-7-9)16-12-6-10-3-4-11(12)14-8-10/h2,5,7,10-12,14H,3-4,6,8H2,1H3/t10-,11+,12+/m1/s1. The van der Waals surface area contributed by atoms with Gasteiger partial charge in [-0.3, -0.25) is 0 Å². The third kappa shape index (κ3) is 1.92. The fourth-order valence-electron chi connectivity index (χ4n) is 2.76. The van der Waals surface area contributed by atoms with Crippen LogP contribution in [0.3, 0.4) is 0 Å². The van der Waals surface area contributed by atoms with Crippen LogP contribution < -0.4 is 10.1 Å². The summed E-state index contributed by atoms with van der Waals surface area (Å²) in [5.74, 6) is 1.57. The average molecular weight is 218 g/mol. The molecule has 86 valence electrons. The van der Waals surface area contributed by atoms with Crippen LogP contribution in [0.1, 0.15) is 24.8 Å². The Balaban J connectivity index is 1.68. The molecule has 1 aromatic rings. The first-order chi connectivity index (χ1) is 7.81. The monoisotopic (exact) mass is 218 g/mol. The van der Waals surface area contributed by atoms with E-state index in [1.807, 2.05) is 19.2 Å². The number of rotatable bonds is 2. The smallest absolute Gasteiger partial charge is 0.213 e. The third-order valence-electron chi connectivity index (χ3n) is 3.73. The van der Waals surface area contributed by atoms with Crippen LogP contribution >= 0.6 is 0 Å².